The zero-order valence-electron chi connectivity index (χ0n) is 7.97. The van der Waals surface area contributed by atoms with Gasteiger partial charge in [-0.05, 0) is 0 Å². The van der Waals surface area contributed by atoms with Crippen molar-refractivity contribution in [3.8, 4) is 11.3 Å². The van der Waals surface area contributed by atoms with Gasteiger partial charge in [0.2, 0.25) is 0 Å². The van der Waals surface area contributed by atoms with Gasteiger partial charge in [-0.25, -0.2) is 4.79 Å². The van der Waals surface area contributed by atoms with Crippen LogP contribution < -0.4 is 5.82 Å². The molecule has 0 bridgehead atoms. The standard InChI is InChI=1S/C12H9O3/c1-2-6-10-11(15-12(13)14-10)9-7-4-3-5-8-9/h2-8H,1H2. The maximum absolute atomic E-state index is 11.0. The Morgan fingerprint density at radius 3 is 2.53 bits per heavy atom. The SMILES string of the molecule is C=C[CH]c1oc(=O)oc1-c1ccccc1. The van der Waals surface area contributed by atoms with Gasteiger partial charge in [-0.2, -0.15) is 0 Å². The monoisotopic (exact) mass is 201 g/mol. The number of hydrogen-bond donors (Lipinski definition) is 0. The third-order valence-electron chi connectivity index (χ3n) is 1.91. The highest BCUT2D eigenvalue weighted by molar-refractivity contribution is 5.60. The van der Waals surface area contributed by atoms with Crippen LogP contribution >= 0.6 is 0 Å². The largest absolute Gasteiger partial charge is 0.519 e. The first-order valence-electron chi connectivity index (χ1n) is 4.46. The molecule has 0 unspecified atom stereocenters. The molecular formula is C12H9O3. The van der Waals surface area contributed by atoms with Gasteiger partial charge in [0, 0.05) is 5.56 Å². The maximum Gasteiger partial charge on any atom is 0.519 e. The van der Waals surface area contributed by atoms with E-state index >= 15 is 0 Å². The van der Waals surface area contributed by atoms with E-state index in [1.807, 2.05) is 30.3 Å². The van der Waals surface area contributed by atoms with Crippen LogP contribution in [0.4, 0.5) is 0 Å². The lowest BCUT2D eigenvalue weighted by molar-refractivity contribution is 0.384. The molecule has 0 aliphatic carbocycles. The molecule has 15 heavy (non-hydrogen) atoms. The summed E-state index contributed by atoms with van der Waals surface area (Å²) in [7, 11) is 0. The van der Waals surface area contributed by atoms with Crippen LogP contribution in [-0.2, 0) is 0 Å². The van der Waals surface area contributed by atoms with Crippen LogP contribution in [0.2, 0.25) is 0 Å². The molecule has 3 nitrogen and oxygen atoms in total. The Kier molecular flexibility index (Phi) is 2.54. The van der Waals surface area contributed by atoms with E-state index in [-0.39, 0.29) is 0 Å². The Hall–Kier alpha value is -2.03. The fraction of sp³-hybridized carbons (Fsp3) is 0. The Labute approximate surface area is 86.7 Å². The Morgan fingerprint density at radius 1 is 1.13 bits per heavy atom. The van der Waals surface area contributed by atoms with Crippen LogP contribution in [0.25, 0.3) is 11.3 Å². The fourth-order valence-corrected chi connectivity index (χ4v) is 1.30. The first-order valence-corrected chi connectivity index (χ1v) is 4.46. The summed E-state index contributed by atoms with van der Waals surface area (Å²) in [6.07, 6.45) is 3.13. The van der Waals surface area contributed by atoms with Crippen LogP contribution in [0.5, 0.6) is 0 Å². The van der Waals surface area contributed by atoms with E-state index in [0.29, 0.717) is 11.5 Å². The number of allylic oxidation sites excluding steroid dienone is 1. The molecule has 0 spiro atoms. The van der Waals surface area contributed by atoms with E-state index in [4.69, 9.17) is 8.83 Å². The summed E-state index contributed by atoms with van der Waals surface area (Å²) in [6, 6.07) is 9.29. The van der Waals surface area contributed by atoms with Crippen molar-refractivity contribution >= 4 is 0 Å². The number of rotatable bonds is 3. The lowest BCUT2D eigenvalue weighted by atomic mass is 10.1. The lowest BCUT2D eigenvalue weighted by Gasteiger charge is -1.95. The van der Waals surface area contributed by atoms with Gasteiger partial charge in [0.25, 0.3) is 0 Å². The van der Waals surface area contributed by atoms with Crippen molar-refractivity contribution in [3.05, 3.63) is 65.8 Å². The lowest BCUT2D eigenvalue weighted by Crippen LogP contribution is -1.85. The first-order chi connectivity index (χ1) is 7.31. The summed E-state index contributed by atoms with van der Waals surface area (Å²) in [5, 5.41) is 0. The molecule has 0 aliphatic rings. The first kappa shape index (κ1) is 9.52. The van der Waals surface area contributed by atoms with Crippen LogP contribution in [0, 0.1) is 6.42 Å². The predicted molar refractivity (Wildman–Crippen MR) is 56.3 cm³/mol. The minimum atomic E-state index is -0.707. The Bertz CT molecular complexity index is 505. The summed E-state index contributed by atoms with van der Waals surface area (Å²) >= 11 is 0. The molecule has 0 aliphatic heterocycles. The van der Waals surface area contributed by atoms with Crippen molar-refractivity contribution in [2.75, 3.05) is 0 Å². The third-order valence-corrected chi connectivity index (χ3v) is 1.91. The molecule has 0 amide bonds. The van der Waals surface area contributed by atoms with E-state index in [1.165, 1.54) is 0 Å². The van der Waals surface area contributed by atoms with E-state index in [9.17, 15) is 4.79 Å². The number of hydrogen-bond acceptors (Lipinski definition) is 3. The fourth-order valence-electron chi connectivity index (χ4n) is 1.30. The zero-order chi connectivity index (χ0) is 10.7. The molecule has 0 atom stereocenters. The van der Waals surface area contributed by atoms with E-state index in [2.05, 4.69) is 6.58 Å². The normalized spacial score (nSPS) is 10.1. The summed E-state index contributed by atoms with van der Waals surface area (Å²) in [5.41, 5.74) is 0.802. The molecule has 1 aromatic heterocycles. The van der Waals surface area contributed by atoms with Crippen molar-refractivity contribution in [2.24, 2.45) is 0 Å². The molecular weight excluding hydrogens is 192 g/mol. The van der Waals surface area contributed by atoms with Crippen molar-refractivity contribution < 1.29 is 8.83 Å². The Morgan fingerprint density at radius 2 is 1.87 bits per heavy atom. The maximum atomic E-state index is 11.0. The molecule has 0 saturated carbocycles. The summed E-state index contributed by atoms with van der Waals surface area (Å²) in [5.74, 6) is 0.114. The van der Waals surface area contributed by atoms with Crippen molar-refractivity contribution in [1.82, 2.24) is 0 Å². The molecule has 75 valence electrons. The highest BCUT2D eigenvalue weighted by Crippen LogP contribution is 2.23. The highest BCUT2D eigenvalue weighted by Gasteiger charge is 2.13. The average Bonchev–Trinajstić information content (AvgIpc) is 2.62. The van der Waals surface area contributed by atoms with Crippen molar-refractivity contribution in [3.63, 3.8) is 0 Å². The van der Waals surface area contributed by atoms with Crippen molar-refractivity contribution in [1.29, 1.82) is 0 Å². The van der Waals surface area contributed by atoms with Gasteiger partial charge in [0.1, 0.15) is 0 Å². The average molecular weight is 201 g/mol. The molecule has 0 N–H and O–H groups in total. The van der Waals surface area contributed by atoms with Crippen LogP contribution in [0.15, 0.2) is 56.6 Å². The molecule has 2 rings (SSSR count). The van der Waals surface area contributed by atoms with Gasteiger partial charge in [-0.1, -0.05) is 36.4 Å². The Balaban J connectivity index is 2.52. The van der Waals surface area contributed by atoms with Crippen LogP contribution in [0.1, 0.15) is 5.76 Å². The van der Waals surface area contributed by atoms with E-state index in [0.717, 1.165) is 5.56 Å². The number of benzene rings is 1. The minimum Gasteiger partial charge on any atom is -0.395 e. The van der Waals surface area contributed by atoms with Gasteiger partial charge in [-0.3, -0.25) is 0 Å². The van der Waals surface area contributed by atoms with Gasteiger partial charge in [0.05, 0.1) is 6.42 Å². The topological polar surface area (TPSA) is 43.4 Å². The second-order valence-electron chi connectivity index (χ2n) is 2.92. The second kappa shape index (κ2) is 4.00. The molecule has 1 aromatic carbocycles. The zero-order valence-corrected chi connectivity index (χ0v) is 7.97. The predicted octanol–water partition coefficient (Wildman–Crippen LogP) is 2.64. The quantitative estimate of drug-likeness (QED) is 0.766. The molecule has 1 heterocycles. The highest BCUT2D eigenvalue weighted by atomic mass is 16.6. The van der Waals surface area contributed by atoms with Gasteiger partial charge in [0.15, 0.2) is 11.5 Å². The van der Waals surface area contributed by atoms with Gasteiger partial charge < -0.3 is 8.83 Å². The molecule has 0 saturated heterocycles. The van der Waals surface area contributed by atoms with Crippen LogP contribution in [-0.4, -0.2) is 0 Å². The van der Waals surface area contributed by atoms with Gasteiger partial charge in [-0.15, -0.1) is 6.58 Å². The van der Waals surface area contributed by atoms with Crippen molar-refractivity contribution in [2.45, 2.75) is 0 Å². The molecule has 1 radical (unpaired) electrons. The molecule has 2 aromatic rings. The van der Waals surface area contributed by atoms with Gasteiger partial charge >= 0.3 is 5.82 Å². The third kappa shape index (κ3) is 1.91. The molecule has 3 heteroatoms. The summed E-state index contributed by atoms with van der Waals surface area (Å²) in [4.78, 5) is 11.0. The van der Waals surface area contributed by atoms with E-state index in [1.54, 1.807) is 12.5 Å². The van der Waals surface area contributed by atoms with Crippen LogP contribution in [0.3, 0.4) is 0 Å². The summed E-state index contributed by atoms with van der Waals surface area (Å²) in [6.45, 7) is 3.54. The minimum absolute atomic E-state index is 0.390. The second-order valence-corrected chi connectivity index (χ2v) is 2.92. The summed E-state index contributed by atoms with van der Waals surface area (Å²) < 4.78 is 9.81. The molecule has 0 fully saturated rings. The van der Waals surface area contributed by atoms with E-state index < -0.39 is 5.82 Å². The smallest absolute Gasteiger partial charge is 0.395 e.